The zero-order valence-corrected chi connectivity index (χ0v) is 14.6. The number of aromatic amines is 1. The Kier molecular flexibility index (Phi) is 4.46. The molecule has 7 heteroatoms. The molecule has 0 bridgehead atoms. The maximum atomic E-state index is 6.05. The monoisotopic (exact) mass is 356 g/mol. The van der Waals surface area contributed by atoms with Gasteiger partial charge >= 0.3 is 0 Å². The van der Waals surface area contributed by atoms with Crippen molar-refractivity contribution in [2.75, 3.05) is 10.6 Å². The van der Waals surface area contributed by atoms with Crippen molar-refractivity contribution >= 4 is 40.1 Å². The Morgan fingerprint density at radius 2 is 1.96 bits per heavy atom. The predicted octanol–water partition coefficient (Wildman–Crippen LogP) is 4.04. The van der Waals surface area contributed by atoms with Crippen LogP contribution in [0.4, 0.5) is 17.5 Å². The van der Waals surface area contributed by atoms with E-state index in [1.807, 2.05) is 36.5 Å². The summed E-state index contributed by atoms with van der Waals surface area (Å²) in [5, 5.41) is 8.46. The van der Waals surface area contributed by atoms with Gasteiger partial charge < -0.3 is 21.4 Å². The number of benzene rings is 1. The van der Waals surface area contributed by atoms with E-state index in [0.29, 0.717) is 23.1 Å². The van der Waals surface area contributed by atoms with E-state index >= 15 is 0 Å². The van der Waals surface area contributed by atoms with E-state index in [2.05, 4.69) is 25.6 Å². The first kappa shape index (κ1) is 16.2. The van der Waals surface area contributed by atoms with E-state index in [4.69, 9.17) is 17.3 Å². The zero-order chi connectivity index (χ0) is 17.2. The predicted molar refractivity (Wildman–Crippen MR) is 102 cm³/mol. The van der Waals surface area contributed by atoms with Crippen molar-refractivity contribution in [3.63, 3.8) is 0 Å². The van der Waals surface area contributed by atoms with Gasteiger partial charge in [-0.05, 0) is 49.9 Å². The molecule has 0 aliphatic heterocycles. The molecule has 0 unspecified atom stereocenters. The third-order valence-electron chi connectivity index (χ3n) is 4.61. The zero-order valence-electron chi connectivity index (χ0n) is 13.8. The summed E-state index contributed by atoms with van der Waals surface area (Å²) in [6, 6.07) is 10.2. The maximum absolute atomic E-state index is 6.05. The number of fused-ring (bicyclic) bond motifs is 1. The minimum Gasteiger partial charge on any atom is -0.367 e. The number of rotatable bonds is 4. The van der Waals surface area contributed by atoms with E-state index in [1.165, 1.54) is 0 Å². The number of hydrogen-bond acceptors (Lipinski definition) is 5. The Balaban J connectivity index is 1.60. The number of halogens is 1. The van der Waals surface area contributed by atoms with Crippen LogP contribution in [0.15, 0.2) is 36.5 Å². The van der Waals surface area contributed by atoms with E-state index in [1.54, 1.807) is 0 Å². The molecule has 130 valence electrons. The van der Waals surface area contributed by atoms with E-state index in [0.717, 1.165) is 48.2 Å². The summed E-state index contributed by atoms with van der Waals surface area (Å²) in [5.41, 5.74) is 7.66. The Morgan fingerprint density at radius 1 is 1.12 bits per heavy atom. The van der Waals surface area contributed by atoms with Crippen molar-refractivity contribution in [2.24, 2.45) is 5.73 Å². The van der Waals surface area contributed by atoms with Crippen LogP contribution in [0.1, 0.15) is 25.7 Å². The molecule has 1 fully saturated rings. The molecule has 1 aromatic carbocycles. The van der Waals surface area contributed by atoms with Crippen molar-refractivity contribution in [3.05, 3.63) is 41.6 Å². The van der Waals surface area contributed by atoms with Crippen LogP contribution >= 0.6 is 11.6 Å². The van der Waals surface area contributed by atoms with Gasteiger partial charge in [-0.15, -0.1) is 0 Å². The highest BCUT2D eigenvalue weighted by Gasteiger charge is 2.20. The molecule has 0 saturated heterocycles. The summed E-state index contributed by atoms with van der Waals surface area (Å²) in [7, 11) is 0. The van der Waals surface area contributed by atoms with Crippen molar-refractivity contribution < 1.29 is 0 Å². The molecule has 0 spiro atoms. The summed E-state index contributed by atoms with van der Waals surface area (Å²) in [5.74, 6) is 1.38. The minimum atomic E-state index is 0.329. The number of aromatic nitrogens is 3. The highest BCUT2D eigenvalue weighted by molar-refractivity contribution is 6.30. The molecule has 0 amide bonds. The Labute approximate surface area is 151 Å². The summed E-state index contributed by atoms with van der Waals surface area (Å²) < 4.78 is 0. The van der Waals surface area contributed by atoms with Crippen LogP contribution in [0.25, 0.3) is 11.0 Å². The lowest BCUT2D eigenvalue weighted by molar-refractivity contribution is 0.410. The fraction of sp³-hybridized carbons (Fsp3) is 0.333. The summed E-state index contributed by atoms with van der Waals surface area (Å²) >= 11 is 6.05. The van der Waals surface area contributed by atoms with Gasteiger partial charge in [0.25, 0.3) is 0 Å². The number of nitrogens with one attached hydrogen (secondary N) is 3. The average molecular weight is 357 g/mol. The number of hydrogen-bond donors (Lipinski definition) is 4. The number of nitrogens with two attached hydrogens (primary N) is 1. The summed E-state index contributed by atoms with van der Waals surface area (Å²) in [4.78, 5) is 12.4. The van der Waals surface area contributed by atoms with Crippen LogP contribution in [0, 0.1) is 0 Å². The summed E-state index contributed by atoms with van der Waals surface area (Å²) in [6.07, 6.45) is 6.10. The first-order valence-corrected chi connectivity index (χ1v) is 8.95. The molecule has 0 radical (unpaired) electrons. The van der Waals surface area contributed by atoms with E-state index in [-0.39, 0.29) is 0 Å². The molecule has 5 N–H and O–H groups in total. The third-order valence-corrected chi connectivity index (χ3v) is 4.84. The number of H-pyrrole nitrogens is 1. The molecular formula is C18H21ClN6. The van der Waals surface area contributed by atoms with E-state index < -0.39 is 0 Å². The number of nitrogens with zero attached hydrogens (tertiary/aromatic N) is 2. The van der Waals surface area contributed by atoms with Gasteiger partial charge in [0, 0.05) is 29.0 Å². The standard InChI is InChI=1S/C18H21ClN6/c19-11-2-1-3-14(10-11)23-18-24-16-15(8-9-21-16)17(25-18)22-13-6-4-12(20)5-7-13/h1-3,8-10,12-13H,4-7,20H2,(H3,21,22,23,24,25). The molecule has 1 saturated carbocycles. The van der Waals surface area contributed by atoms with Crippen molar-refractivity contribution in [1.29, 1.82) is 0 Å². The highest BCUT2D eigenvalue weighted by atomic mass is 35.5. The molecule has 6 nitrogen and oxygen atoms in total. The van der Waals surface area contributed by atoms with Crippen molar-refractivity contribution in [1.82, 2.24) is 15.0 Å². The first-order valence-electron chi connectivity index (χ1n) is 8.57. The average Bonchev–Trinajstić information content (AvgIpc) is 3.06. The fourth-order valence-corrected chi connectivity index (χ4v) is 3.45. The summed E-state index contributed by atoms with van der Waals surface area (Å²) in [6.45, 7) is 0. The Morgan fingerprint density at radius 3 is 2.76 bits per heavy atom. The topological polar surface area (TPSA) is 91.7 Å². The molecule has 1 aliphatic rings. The van der Waals surface area contributed by atoms with Gasteiger partial charge in [-0.1, -0.05) is 17.7 Å². The van der Waals surface area contributed by atoms with Crippen LogP contribution in [0.5, 0.6) is 0 Å². The number of anilines is 3. The second-order valence-electron chi connectivity index (χ2n) is 6.53. The molecule has 3 aromatic rings. The Hall–Kier alpha value is -2.31. The lowest BCUT2D eigenvalue weighted by Gasteiger charge is -2.27. The fourth-order valence-electron chi connectivity index (χ4n) is 3.26. The molecule has 4 rings (SSSR count). The van der Waals surface area contributed by atoms with Crippen LogP contribution in [0.2, 0.25) is 5.02 Å². The molecular weight excluding hydrogens is 336 g/mol. The van der Waals surface area contributed by atoms with Crippen molar-refractivity contribution in [2.45, 2.75) is 37.8 Å². The second kappa shape index (κ2) is 6.90. The molecule has 2 heterocycles. The second-order valence-corrected chi connectivity index (χ2v) is 6.96. The lowest BCUT2D eigenvalue weighted by Crippen LogP contribution is -2.33. The highest BCUT2D eigenvalue weighted by Crippen LogP contribution is 2.27. The van der Waals surface area contributed by atoms with Gasteiger partial charge in [0.15, 0.2) is 0 Å². The van der Waals surface area contributed by atoms with Gasteiger partial charge in [-0.3, -0.25) is 0 Å². The largest absolute Gasteiger partial charge is 0.367 e. The van der Waals surface area contributed by atoms with Gasteiger partial charge in [-0.2, -0.15) is 9.97 Å². The van der Waals surface area contributed by atoms with Gasteiger partial charge in [0.1, 0.15) is 11.5 Å². The Bertz CT molecular complexity index is 869. The minimum absolute atomic E-state index is 0.329. The van der Waals surface area contributed by atoms with Crippen LogP contribution < -0.4 is 16.4 Å². The maximum Gasteiger partial charge on any atom is 0.231 e. The van der Waals surface area contributed by atoms with Crippen LogP contribution in [-0.2, 0) is 0 Å². The molecule has 2 aromatic heterocycles. The smallest absolute Gasteiger partial charge is 0.231 e. The van der Waals surface area contributed by atoms with Gasteiger partial charge in [0.05, 0.1) is 5.39 Å². The normalized spacial score (nSPS) is 20.6. The van der Waals surface area contributed by atoms with Crippen molar-refractivity contribution in [3.8, 4) is 0 Å². The lowest BCUT2D eigenvalue weighted by atomic mass is 9.92. The molecule has 1 aliphatic carbocycles. The van der Waals surface area contributed by atoms with Crippen LogP contribution in [0.3, 0.4) is 0 Å². The molecule has 25 heavy (non-hydrogen) atoms. The van der Waals surface area contributed by atoms with Crippen LogP contribution in [-0.4, -0.2) is 27.0 Å². The van der Waals surface area contributed by atoms with Gasteiger partial charge in [0.2, 0.25) is 5.95 Å². The van der Waals surface area contributed by atoms with Gasteiger partial charge in [-0.25, -0.2) is 0 Å². The third kappa shape index (κ3) is 3.70. The van der Waals surface area contributed by atoms with E-state index in [9.17, 15) is 0 Å². The quantitative estimate of drug-likeness (QED) is 0.566. The molecule has 0 atom stereocenters. The first-order chi connectivity index (χ1) is 12.2. The SMILES string of the molecule is NC1CCC(Nc2nc(Nc3cccc(Cl)c3)nc3[nH]ccc23)CC1.